The number of thiol groups is 1. The summed E-state index contributed by atoms with van der Waals surface area (Å²) in [6, 6.07) is 29.5. The van der Waals surface area contributed by atoms with Crippen LogP contribution in [0, 0.1) is 8.70 Å². The summed E-state index contributed by atoms with van der Waals surface area (Å²) in [5.41, 5.74) is 0. The van der Waals surface area contributed by atoms with Crippen molar-refractivity contribution in [2.75, 3.05) is 0 Å². The minimum atomic E-state index is -0.724. The van der Waals surface area contributed by atoms with Crippen LogP contribution in [-0.2, 0) is 0 Å². The number of hydrogen-bond acceptors (Lipinski definition) is 3. The van der Waals surface area contributed by atoms with Crippen molar-refractivity contribution in [3.05, 3.63) is 105 Å². The maximum atomic E-state index is 13.8. The van der Waals surface area contributed by atoms with Gasteiger partial charge in [0.25, 0.3) is 0 Å². The van der Waals surface area contributed by atoms with Crippen LogP contribution in [0.1, 0.15) is 9.67 Å². The Labute approximate surface area is 188 Å². The van der Waals surface area contributed by atoms with Crippen molar-refractivity contribution in [1.29, 1.82) is 0 Å². The van der Waals surface area contributed by atoms with Gasteiger partial charge in [0.15, 0.2) is 0 Å². The predicted octanol–water partition coefficient (Wildman–Crippen LogP) is 7.19. The number of halogens is 2. The topological polar surface area (TPSA) is 26.3 Å². The number of thiophene rings is 1. The van der Waals surface area contributed by atoms with Gasteiger partial charge in [-0.25, -0.2) is 9.18 Å². The molecule has 4 rings (SSSR count). The number of rotatable bonds is 5. The van der Waals surface area contributed by atoms with Crippen LogP contribution in [0.15, 0.2) is 106 Å². The number of benzene rings is 3. The SMILES string of the molecule is O=C(Oc1ccc([SH](c2ccccc2)c2ccccc2)cc1)c1sc(I)cc1F. The van der Waals surface area contributed by atoms with Crippen molar-refractivity contribution >= 4 is 50.8 Å². The summed E-state index contributed by atoms with van der Waals surface area (Å²) >= 11 is 3.07. The lowest BCUT2D eigenvalue weighted by Gasteiger charge is -2.23. The normalized spacial score (nSPS) is 11.2. The van der Waals surface area contributed by atoms with Gasteiger partial charge in [-0.2, -0.15) is 10.9 Å². The fourth-order valence-electron chi connectivity index (χ4n) is 2.90. The molecule has 0 saturated carbocycles. The van der Waals surface area contributed by atoms with Gasteiger partial charge in [-0.05, 0) is 91.9 Å². The molecule has 0 radical (unpaired) electrons. The van der Waals surface area contributed by atoms with Crippen LogP contribution in [-0.4, -0.2) is 5.97 Å². The summed E-state index contributed by atoms with van der Waals surface area (Å²) in [6.45, 7) is 0. The van der Waals surface area contributed by atoms with Crippen molar-refractivity contribution in [2.45, 2.75) is 14.7 Å². The van der Waals surface area contributed by atoms with E-state index in [9.17, 15) is 9.18 Å². The quantitative estimate of drug-likeness (QED) is 0.127. The molecule has 0 amide bonds. The van der Waals surface area contributed by atoms with E-state index in [0.717, 1.165) is 16.2 Å². The van der Waals surface area contributed by atoms with E-state index in [-0.39, 0.29) is 4.88 Å². The molecule has 0 unspecified atom stereocenters. The summed E-state index contributed by atoms with van der Waals surface area (Å²) in [7, 11) is -0.724. The zero-order valence-corrected chi connectivity index (χ0v) is 19.0. The Kier molecular flexibility index (Phi) is 6.32. The minimum Gasteiger partial charge on any atom is -0.422 e. The van der Waals surface area contributed by atoms with E-state index in [0.29, 0.717) is 8.63 Å². The second-order valence-corrected chi connectivity index (χ2v) is 11.3. The molecule has 0 bridgehead atoms. The van der Waals surface area contributed by atoms with Gasteiger partial charge in [0, 0.05) is 0 Å². The predicted molar refractivity (Wildman–Crippen MR) is 125 cm³/mol. The van der Waals surface area contributed by atoms with Crippen molar-refractivity contribution < 1.29 is 13.9 Å². The number of carbonyl (C=O) groups is 1. The Bertz CT molecular complexity index is 1070. The molecule has 0 spiro atoms. The standard InChI is InChI=1S/C23H16FIO2S2/c24-20-15-21(25)28-22(20)23(26)27-16-11-13-19(14-12-16)29(17-7-3-1-4-8-17)18-9-5-2-6-10-18/h1-15,29H. The number of esters is 1. The van der Waals surface area contributed by atoms with E-state index >= 15 is 0 Å². The maximum Gasteiger partial charge on any atom is 0.356 e. The van der Waals surface area contributed by atoms with Gasteiger partial charge < -0.3 is 4.74 Å². The van der Waals surface area contributed by atoms with Crippen LogP contribution in [0.25, 0.3) is 0 Å². The van der Waals surface area contributed by atoms with E-state index in [4.69, 9.17) is 4.74 Å². The van der Waals surface area contributed by atoms with Crippen LogP contribution in [0.3, 0.4) is 0 Å². The summed E-state index contributed by atoms with van der Waals surface area (Å²) in [6.07, 6.45) is 0. The van der Waals surface area contributed by atoms with Gasteiger partial charge in [0.1, 0.15) is 16.4 Å². The molecule has 2 nitrogen and oxygen atoms in total. The fourth-order valence-corrected chi connectivity index (χ4v) is 6.75. The number of hydrogen-bond donors (Lipinski definition) is 1. The summed E-state index contributed by atoms with van der Waals surface area (Å²) in [4.78, 5) is 15.9. The van der Waals surface area contributed by atoms with Gasteiger partial charge >= 0.3 is 5.97 Å². The van der Waals surface area contributed by atoms with Crippen LogP contribution < -0.4 is 4.74 Å². The van der Waals surface area contributed by atoms with Crippen LogP contribution in [0.4, 0.5) is 4.39 Å². The second kappa shape index (κ2) is 9.11. The maximum absolute atomic E-state index is 13.8. The smallest absolute Gasteiger partial charge is 0.356 e. The Morgan fingerprint density at radius 2 is 1.34 bits per heavy atom. The third kappa shape index (κ3) is 4.71. The summed E-state index contributed by atoms with van der Waals surface area (Å²) in [5.74, 6) is -0.813. The number of ether oxygens (including phenoxy) is 1. The second-order valence-electron chi connectivity index (χ2n) is 6.12. The van der Waals surface area contributed by atoms with Crippen molar-refractivity contribution in [2.24, 2.45) is 0 Å². The molecule has 29 heavy (non-hydrogen) atoms. The highest BCUT2D eigenvalue weighted by atomic mass is 127. The molecule has 0 aliphatic rings. The van der Waals surface area contributed by atoms with Crippen LogP contribution >= 0.6 is 44.8 Å². The Morgan fingerprint density at radius 1 is 0.828 bits per heavy atom. The monoisotopic (exact) mass is 534 g/mol. The van der Waals surface area contributed by atoms with Crippen molar-refractivity contribution in [3.8, 4) is 5.75 Å². The fraction of sp³-hybridized carbons (Fsp3) is 0. The molecule has 0 N–H and O–H groups in total. The zero-order valence-electron chi connectivity index (χ0n) is 15.1. The molecule has 0 saturated heterocycles. The molecule has 1 aromatic heterocycles. The third-order valence-electron chi connectivity index (χ3n) is 4.18. The summed E-state index contributed by atoms with van der Waals surface area (Å²) in [5, 5.41) is 0. The molecular formula is C23H16FIO2S2. The first-order valence-electron chi connectivity index (χ1n) is 8.79. The van der Waals surface area contributed by atoms with Crippen molar-refractivity contribution in [3.63, 3.8) is 0 Å². The van der Waals surface area contributed by atoms with E-state index < -0.39 is 22.7 Å². The first kappa shape index (κ1) is 20.1. The molecular weight excluding hydrogens is 518 g/mol. The van der Waals surface area contributed by atoms with Crippen LogP contribution in [0.2, 0.25) is 0 Å². The van der Waals surface area contributed by atoms with E-state index in [2.05, 4.69) is 24.3 Å². The molecule has 0 aliphatic heterocycles. The van der Waals surface area contributed by atoms with E-state index in [1.165, 1.54) is 15.9 Å². The van der Waals surface area contributed by atoms with Gasteiger partial charge in [-0.1, -0.05) is 36.4 Å². The zero-order chi connectivity index (χ0) is 20.2. The minimum absolute atomic E-state index is 0.00528. The van der Waals surface area contributed by atoms with Gasteiger partial charge in [-0.3, -0.25) is 0 Å². The van der Waals surface area contributed by atoms with Crippen molar-refractivity contribution in [1.82, 2.24) is 0 Å². The van der Waals surface area contributed by atoms with Gasteiger partial charge in [-0.15, -0.1) is 11.3 Å². The third-order valence-corrected chi connectivity index (χ3v) is 8.47. The Morgan fingerprint density at radius 3 is 1.83 bits per heavy atom. The lowest BCUT2D eigenvalue weighted by molar-refractivity contribution is 0.0735. The molecule has 0 aliphatic carbocycles. The lowest BCUT2D eigenvalue weighted by atomic mass is 10.3. The molecule has 6 heteroatoms. The van der Waals surface area contributed by atoms with Crippen LogP contribution in [0.5, 0.6) is 5.75 Å². The van der Waals surface area contributed by atoms with Gasteiger partial charge in [0.05, 0.1) is 2.88 Å². The molecule has 3 aromatic carbocycles. The first-order chi connectivity index (χ1) is 14.1. The first-order valence-corrected chi connectivity index (χ1v) is 12.0. The lowest BCUT2D eigenvalue weighted by Crippen LogP contribution is -2.08. The highest BCUT2D eigenvalue weighted by Crippen LogP contribution is 2.51. The highest BCUT2D eigenvalue weighted by Gasteiger charge is 2.18. The largest absolute Gasteiger partial charge is 0.422 e. The molecule has 146 valence electrons. The summed E-state index contributed by atoms with van der Waals surface area (Å²) < 4.78 is 19.9. The Balaban J connectivity index is 1.61. The molecule has 4 aromatic rings. The molecule has 0 atom stereocenters. The highest BCUT2D eigenvalue weighted by molar-refractivity contribution is 14.1. The van der Waals surface area contributed by atoms with E-state index in [1.807, 2.05) is 71.1 Å². The Hall–Kier alpha value is -2.16. The molecule has 0 fully saturated rings. The van der Waals surface area contributed by atoms with E-state index in [1.54, 1.807) is 12.1 Å². The van der Waals surface area contributed by atoms with Gasteiger partial charge in [0.2, 0.25) is 0 Å². The molecule has 1 heterocycles. The average molecular weight is 534 g/mol. The average Bonchev–Trinajstić information content (AvgIpc) is 3.09. The number of carbonyl (C=O) groups excluding carboxylic acids is 1.